The molecule has 0 atom stereocenters. The lowest BCUT2D eigenvalue weighted by Gasteiger charge is -2.27. The number of ketones is 1. The highest BCUT2D eigenvalue weighted by atomic mass is 16.2. The van der Waals surface area contributed by atoms with Gasteiger partial charge in [-0.25, -0.2) is 0 Å². The Kier molecular flexibility index (Phi) is 8.63. The van der Waals surface area contributed by atoms with Crippen LogP contribution in [0.1, 0.15) is 41.0 Å². The highest BCUT2D eigenvalue weighted by Crippen LogP contribution is 2.03. The molecule has 4 nitrogen and oxygen atoms in total. The first-order valence-corrected chi connectivity index (χ1v) is 6.90. The van der Waals surface area contributed by atoms with E-state index >= 15 is 0 Å². The van der Waals surface area contributed by atoms with Crippen molar-refractivity contribution in [3.63, 3.8) is 0 Å². The topological polar surface area (TPSA) is 40.6 Å². The van der Waals surface area contributed by atoms with E-state index in [0.29, 0.717) is 12.5 Å². The second-order valence-electron chi connectivity index (χ2n) is 5.14. The Hall–Kier alpha value is -0.900. The van der Waals surface area contributed by atoms with E-state index in [1.54, 1.807) is 0 Å². The summed E-state index contributed by atoms with van der Waals surface area (Å²) < 4.78 is 0. The zero-order valence-corrected chi connectivity index (χ0v) is 12.5. The molecule has 0 aromatic rings. The van der Waals surface area contributed by atoms with E-state index in [9.17, 15) is 9.59 Å². The van der Waals surface area contributed by atoms with Crippen molar-refractivity contribution >= 4 is 11.7 Å². The smallest absolute Gasteiger partial charge is 0.230 e. The number of carbonyl (C=O) groups excluding carboxylic acids is 2. The SMILES string of the molecule is CCN(CC)CCN(CC(C)C)C(=O)CC(C)=O. The summed E-state index contributed by atoms with van der Waals surface area (Å²) in [4.78, 5) is 27.1. The van der Waals surface area contributed by atoms with Crippen LogP contribution < -0.4 is 0 Å². The third-order valence-electron chi connectivity index (χ3n) is 2.92. The Morgan fingerprint density at radius 2 is 1.61 bits per heavy atom. The van der Waals surface area contributed by atoms with Crippen LogP contribution >= 0.6 is 0 Å². The van der Waals surface area contributed by atoms with Gasteiger partial charge in [0.15, 0.2) is 0 Å². The minimum absolute atomic E-state index is 0.0327. The zero-order chi connectivity index (χ0) is 14.1. The molecule has 0 heterocycles. The van der Waals surface area contributed by atoms with Crippen LogP contribution in [-0.4, -0.2) is 54.2 Å². The molecule has 0 saturated heterocycles. The van der Waals surface area contributed by atoms with E-state index in [4.69, 9.17) is 0 Å². The van der Waals surface area contributed by atoms with Gasteiger partial charge in [-0.3, -0.25) is 9.59 Å². The number of nitrogens with zero attached hydrogens (tertiary/aromatic N) is 2. The maximum Gasteiger partial charge on any atom is 0.230 e. The van der Waals surface area contributed by atoms with Crippen molar-refractivity contribution < 1.29 is 9.59 Å². The molecule has 0 rings (SSSR count). The molecular formula is C14H28N2O2. The molecule has 0 aromatic heterocycles. The lowest BCUT2D eigenvalue weighted by atomic mass is 10.2. The van der Waals surface area contributed by atoms with Gasteiger partial charge in [-0.1, -0.05) is 27.7 Å². The Morgan fingerprint density at radius 1 is 1.06 bits per heavy atom. The number of hydrogen-bond acceptors (Lipinski definition) is 3. The molecule has 0 aliphatic heterocycles. The molecule has 4 heteroatoms. The Labute approximate surface area is 111 Å². The summed E-state index contributed by atoms with van der Waals surface area (Å²) >= 11 is 0. The minimum Gasteiger partial charge on any atom is -0.341 e. The average molecular weight is 256 g/mol. The zero-order valence-electron chi connectivity index (χ0n) is 12.5. The van der Waals surface area contributed by atoms with Gasteiger partial charge in [0, 0.05) is 19.6 Å². The summed E-state index contributed by atoms with van der Waals surface area (Å²) in [7, 11) is 0. The first-order chi connectivity index (χ1) is 8.40. The van der Waals surface area contributed by atoms with E-state index in [1.165, 1.54) is 6.92 Å². The van der Waals surface area contributed by atoms with Gasteiger partial charge >= 0.3 is 0 Å². The largest absolute Gasteiger partial charge is 0.341 e. The Balaban J connectivity index is 4.38. The van der Waals surface area contributed by atoms with Crippen LogP contribution in [0.3, 0.4) is 0 Å². The number of hydrogen-bond donors (Lipinski definition) is 0. The fourth-order valence-electron chi connectivity index (χ4n) is 1.89. The predicted molar refractivity (Wildman–Crippen MR) is 74.5 cm³/mol. The summed E-state index contributed by atoms with van der Waals surface area (Å²) in [5.74, 6) is 0.331. The summed E-state index contributed by atoms with van der Waals surface area (Å²) in [6.07, 6.45) is 0.0327. The van der Waals surface area contributed by atoms with Crippen molar-refractivity contribution in [2.45, 2.75) is 41.0 Å². The number of likely N-dealkylation sites (N-methyl/N-ethyl adjacent to an activating group) is 1. The molecule has 18 heavy (non-hydrogen) atoms. The number of amides is 1. The van der Waals surface area contributed by atoms with E-state index in [-0.39, 0.29) is 18.1 Å². The van der Waals surface area contributed by atoms with E-state index in [0.717, 1.165) is 26.2 Å². The molecule has 0 fully saturated rings. The normalized spacial score (nSPS) is 11.1. The minimum atomic E-state index is -0.0587. The van der Waals surface area contributed by atoms with Crippen LogP contribution in [0.5, 0.6) is 0 Å². The molecule has 0 saturated carbocycles. The maximum atomic E-state index is 12.0. The van der Waals surface area contributed by atoms with Gasteiger partial charge in [-0.05, 0) is 25.9 Å². The summed E-state index contributed by atoms with van der Waals surface area (Å²) in [5.41, 5.74) is 0. The summed E-state index contributed by atoms with van der Waals surface area (Å²) in [6.45, 7) is 14.2. The van der Waals surface area contributed by atoms with Gasteiger partial charge in [-0.2, -0.15) is 0 Å². The first-order valence-electron chi connectivity index (χ1n) is 6.90. The van der Waals surface area contributed by atoms with Crippen molar-refractivity contribution in [1.82, 2.24) is 9.80 Å². The number of Topliss-reactive ketones (excluding diaryl/α,β-unsaturated/α-hetero) is 1. The quantitative estimate of drug-likeness (QED) is 0.591. The highest BCUT2D eigenvalue weighted by molar-refractivity contribution is 5.96. The van der Waals surface area contributed by atoms with Crippen molar-refractivity contribution in [2.24, 2.45) is 5.92 Å². The monoisotopic (exact) mass is 256 g/mol. The molecule has 1 amide bonds. The molecule has 0 N–H and O–H groups in total. The van der Waals surface area contributed by atoms with E-state index in [1.807, 2.05) is 4.90 Å². The molecule has 0 bridgehead atoms. The average Bonchev–Trinajstić information content (AvgIpc) is 2.27. The Bertz CT molecular complexity index is 261. The molecule has 0 spiro atoms. The van der Waals surface area contributed by atoms with Crippen LogP contribution in [0.4, 0.5) is 0 Å². The summed E-state index contributed by atoms with van der Waals surface area (Å²) in [5, 5.41) is 0. The third kappa shape index (κ3) is 7.43. The summed E-state index contributed by atoms with van der Waals surface area (Å²) in [6, 6.07) is 0. The molecule has 106 valence electrons. The predicted octanol–water partition coefficient (Wildman–Crippen LogP) is 1.79. The van der Waals surface area contributed by atoms with Crippen LogP contribution in [-0.2, 0) is 9.59 Å². The maximum absolute atomic E-state index is 12.0. The molecule has 0 aromatic carbocycles. The van der Waals surface area contributed by atoms with Gasteiger partial charge in [0.05, 0.1) is 6.42 Å². The standard InChI is InChI=1S/C14H28N2O2/c1-6-15(7-2)8-9-16(11-12(3)4)14(18)10-13(5)17/h12H,6-11H2,1-5H3. The van der Waals surface area contributed by atoms with Crippen LogP contribution in [0.25, 0.3) is 0 Å². The van der Waals surface area contributed by atoms with Crippen LogP contribution in [0.2, 0.25) is 0 Å². The van der Waals surface area contributed by atoms with E-state index in [2.05, 4.69) is 32.6 Å². The second kappa shape index (κ2) is 9.09. The van der Waals surface area contributed by atoms with Gasteiger partial charge in [-0.15, -0.1) is 0 Å². The first kappa shape index (κ1) is 17.1. The van der Waals surface area contributed by atoms with Gasteiger partial charge in [0.2, 0.25) is 5.91 Å². The third-order valence-corrected chi connectivity index (χ3v) is 2.92. The fourth-order valence-corrected chi connectivity index (χ4v) is 1.89. The Morgan fingerprint density at radius 3 is 2.00 bits per heavy atom. The van der Waals surface area contributed by atoms with E-state index < -0.39 is 0 Å². The highest BCUT2D eigenvalue weighted by Gasteiger charge is 2.16. The molecule has 0 radical (unpaired) electrons. The fraction of sp³-hybridized carbons (Fsp3) is 0.857. The molecule has 0 unspecified atom stereocenters. The van der Waals surface area contributed by atoms with Crippen molar-refractivity contribution in [3.8, 4) is 0 Å². The molecule has 0 aliphatic carbocycles. The van der Waals surface area contributed by atoms with Crippen molar-refractivity contribution in [1.29, 1.82) is 0 Å². The van der Waals surface area contributed by atoms with Gasteiger partial charge in [0.1, 0.15) is 5.78 Å². The molecular weight excluding hydrogens is 228 g/mol. The number of rotatable bonds is 9. The van der Waals surface area contributed by atoms with Gasteiger partial charge in [0.25, 0.3) is 0 Å². The lowest BCUT2D eigenvalue weighted by molar-refractivity contribution is -0.135. The van der Waals surface area contributed by atoms with Gasteiger partial charge < -0.3 is 9.80 Å². The van der Waals surface area contributed by atoms with Crippen molar-refractivity contribution in [2.75, 3.05) is 32.7 Å². The number of carbonyl (C=O) groups is 2. The second-order valence-corrected chi connectivity index (χ2v) is 5.14. The van der Waals surface area contributed by atoms with Crippen molar-refractivity contribution in [3.05, 3.63) is 0 Å². The van der Waals surface area contributed by atoms with Crippen LogP contribution in [0, 0.1) is 5.92 Å². The molecule has 0 aliphatic rings. The lowest BCUT2D eigenvalue weighted by Crippen LogP contribution is -2.41. The van der Waals surface area contributed by atoms with Crippen LogP contribution in [0.15, 0.2) is 0 Å².